The molecule has 0 saturated heterocycles. The van der Waals surface area contributed by atoms with E-state index in [9.17, 15) is 13.6 Å². The molecule has 0 fully saturated rings. The fourth-order valence-electron chi connectivity index (χ4n) is 0.448. The molecule has 4 N–H and O–H groups in total. The highest BCUT2D eigenvalue weighted by Gasteiger charge is 2.11. The summed E-state index contributed by atoms with van der Waals surface area (Å²) in [7, 11) is 0. The Hall–Kier alpha value is -0.710. The van der Waals surface area contributed by atoms with Gasteiger partial charge in [0.25, 0.3) is 0 Å². The fraction of sp³-hybridized carbons (Fsp3) is 0.800. The van der Waals surface area contributed by atoms with Gasteiger partial charge in [-0.25, -0.2) is 8.78 Å². The highest BCUT2D eigenvalue weighted by molar-refractivity contribution is 5.79. The number of primary amides is 1. The van der Waals surface area contributed by atoms with E-state index in [2.05, 4.69) is 0 Å². The molecule has 10 heavy (non-hydrogen) atoms. The minimum Gasteiger partial charge on any atom is -0.368 e. The predicted octanol–water partition coefficient (Wildman–Crippen LogP) is -0.156. The average molecular weight is 152 g/mol. The van der Waals surface area contributed by atoms with Crippen LogP contribution in [0.1, 0.15) is 12.8 Å². The Kier molecular flexibility index (Phi) is 3.87. The summed E-state index contributed by atoms with van der Waals surface area (Å²) in [4.78, 5) is 10.2. The maximum absolute atomic E-state index is 11.5. The van der Waals surface area contributed by atoms with Gasteiger partial charge in [0.15, 0.2) is 0 Å². The van der Waals surface area contributed by atoms with Crippen molar-refractivity contribution in [1.82, 2.24) is 0 Å². The van der Waals surface area contributed by atoms with Crippen molar-refractivity contribution in [2.45, 2.75) is 25.3 Å². The molecule has 0 unspecified atom stereocenters. The predicted molar refractivity (Wildman–Crippen MR) is 32.4 cm³/mol. The van der Waals surface area contributed by atoms with Crippen LogP contribution >= 0.6 is 0 Å². The molecule has 0 radical (unpaired) electrons. The van der Waals surface area contributed by atoms with Crippen LogP contribution in [0.25, 0.3) is 0 Å². The summed E-state index contributed by atoms with van der Waals surface area (Å²) < 4.78 is 22.9. The summed E-state index contributed by atoms with van der Waals surface area (Å²) in [6, 6.07) is -0.936. The molecule has 0 aromatic rings. The van der Waals surface area contributed by atoms with E-state index in [0.29, 0.717) is 0 Å². The Bertz CT molecular complexity index is 118. The third kappa shape index (κ3) is 4.20. The van der Waals surface area contributed by atoms with Gasteiger partial charge in [-0.3, -0.25) is 4.79 Å². The molecular formula is C5H10F2N2O. The largest absolute Gasteiger partial charge is 0.368 e. The van der Waals surface area contributed by atoms with E-state index in [1.807, 2.05) is 0 Å². The van der Waals surface area contributed by atoms with Gasteiger partial charge in [0.1, 0.15) is 0 Å². The van der Waals surface area contributed by atoms with Crippen LogP contribution in [0.3, 0.4) is 0 Å². The van der Waals surface area contributed by atoms with Crippen molar-refractivity contribution >= 4 is 5.91 Å². The van der Waals surface area contributed by atoms with Crippen molar-refractivity contribution in [3.63, 3.8) is 0 Å². The second kappa shape index (κ2) is 4.16. The number of rotatable bonds is 4. The topological polar surface area (TPSA) is 69.1 Å². The zero-order chi connectivity index (χ0) is 8.15. The number of halogens is 2. The van der Waals surface area contributed by atoms with Crippen molar-refractivity contribution < 1.29 is 13.6 Å². The highest BCUT2D eigenvalue weighted by Crippen LogP contribution is 2.03. The van der Waals surface area contributed by atoms with Gasteiger partial charge in [-0.1, -0.05) is 0 Å². The molecule has 0 aliphatic heterocycles. The van der Waals surface area contributed by atoms with E-state index >= 15 is 0 Å². The monoisotopic (exact) mass is 152 g/mol. The van der Waals surface area contributed by atoms with Crippen LogP contribution in [0.4, 0.5) is 8.78 Å². The van der Waals surface area contributed by atoms with Crippen LogP contribution in [0.15, 0.2) is 0 Å². The maximum Gasteiger partial charge on any atom is 0.238 e. The van der Waals surface area contributed by atoms with E-state index in [4.69, 9.17) is 11.5 Å². The molecule has 0 rings (SSSR count). The third-order valence-corrected chi connectivity index (χ3v) is 1.06. The standard InChI is InChI=1S/C5H10F2N2O/c6-4(7)2-1-3(8)5(9)10/h3-4H,1-2,8H2,(H2,9,10)/t3-/m1/s1. The molecule has 1 atom stereocenters. The van der Waals surface area contributed by atoms with Crippen LogP contribution in [-0.4, -0.2) is 18.4 Å². The summed E-state index contributed by atoms with van der Waals surface area (Å²) in [5.74, 6) is -0.736. The molecule has 60 valence electrons. The highest BCUT2D eigenvalue weighted by atomic mass is 19.3. The van der Waals surface area contributed by atoms with Gasteiger partial charge in [-0.2, -0.15) is 0 Å². The first-order valence-corrected chi connectivity index (χ1v) is 2.87. The molecule has 5 heteroatoms. The van der Waals surface area contributed by atoms with Crippen molar-refractivity contribution in [3.05, 3.63) is 0 Å². The molecule has 0 aromatic carbocycles. The molecule has 0 spiro atoms. The lowest BCUT2D eigenvalue weighted by Gasteiger charge is -2.04. The van der Waals surface area contributed by atoms with Crippen LogP contribution in [-0.2, 0) is 4.79 Å². The summed E-state index contributed by atoms with van der Waals surface area (Å²) in [6.45, 7) is 0. The Morgan fingerprint density at radius 1 is 1.40 bits per heavy atom. The first-order chi connectivity index (χ1) is 4.54. The number of hydrogen-bond donors (Lipinski definition) is 2. The molecule has 0 bridgehead atoms. The van der Waals surface area contributed by atoms with E-state index < -0.39 is 18.4 Å². The van der Waals surface area contributed by atoms with Crippen molar-refractivity contribution in [1.29, 1.82) is 0 Å². The number of carbonyl (C=O) groups excluding carboxylic acids is 1. The summed E-state index contributed by atoms with van der Waals surface area (Å²) in [5, 5.41) is 0. The zero-order valence-electron chi connectivity index (χ0n) is 5.39. The van der Waals surface area contributed by atoms with E-state index in [1.165, 1.54) is 0 Å². The molecule has 0 aliphatic carbocycles. The number of hydrogen-bond acceptors (Lipinski definition) is 2. The Balaban J connectivity index is 3.40. The smallest absolute Gasteiger partial charge is 0.238 e. The molecular weight excluding hydrogens is 142 g/mol. The first-order valence-electron chi connectivity index (χ1n) is 2.87. The van der Waals surface area contributed by atoms with Gasteiger partial charge in [-0.15, -0.1) is 0 Å². The molecule has 3 nitrogen and oxygen atoms in total. The van der Waals surface area contributed by atoms with Gasteiger partial charge in [-0.05, 0) is 6.42 Å². The van der Waals surface area contributed by atoms with Crippen LogP contribution in [0.5, 0.6) is 0 Å². The second-order valence-electron chi connectivity index (χ2n) is 1.98. The second-order valence-corrected chi connectivity index (χ2v) is 1.98. The molecule has 0 saturated carbocycles. The number of amides is 1. The van der Waals surface area contributed by atoms with Crippen molar-refractivity contribution in [2.24, 2.45) is 11.5 Å². The molecule has 0 aromatic heterocycles. The van der Waals surface area contributed by atoms with Gasteiger partial charge in [0, 0.05) is 6.42 Å². The van der Waals surface area contributed by atoms with E-state index in [-0.39, 0.29) is 12.8 Å². The molecule has 0 aliphatic rings. The Morgan fingerprint density at radius 2 is 1.90 bits per heavy atom. The van der Waals surface area contributed by atoms with Gasteiger partial charge in [0.05, 0.1) is 6.04 Å². The first kappa shape index (κ1) is 9.29. The van der Waals surface area contributed by atoms with Gasteiger partial charge >= 0.3 is 0 Å². The van der Waals surface area contributed by atoms with Crippen molar-refractivity contribution in [2.75, 3.05) is 0 Å². The Morgan fingerprint density at radius 3 is 2.20 bits per heavy atom. The van der Waals surface area contributed by atoms with E-state index in [1.54, 1.807) is 0 Å². The minimum absolute atomic E-state index is 0.0486. The lowest BCUT2D eigenvalue weighted by molar-refractivity contribution is -0.119. The lowest BCUT2D eigenvalue weighted by atomic mass is 10.2. The Labute approximate surface area is 57.4 Å². The van der Waals surface area contributed by atoms with Gasteiger partial charge < -0.3 is 11.5 Å². The SMILES string of the molecule is NC(=O)[C@H](N)CCC(F)F. The van der Waals surface area contributed by atoms with Crippen LogP contribution in [0.2, 0.25) is 0 Å². The third-order valence-electron chi connectivity index (χ3n) is 1.06. The van der Waals surface area contributed by atoms with Gasteiger partial charge in [0.2, 0.25) is 12.3 Å². The summed E-state index contributed by atoms with van der Waals surface area (Å²) in [5.41, 5.74) is 9.77. The molecule has 1 amide bonds. The number of nitrogens with two attached hydrogens (primary N) is 2. The maximum atomic E-state index is 11.5. The fourth-order valence-corrected chi connectivity index (χ4v) is 0.448. The zero-order valence-corrected chi connectivity index (χ0v) is 5.39. The average Bonchev–Trinajstić information content (AvgIpc) is 1.82. The van der Waals surface area contributed by atoms with Crippen LogP contribution < -0.4 is 11.5 Å². The lowest BCUT2D eigenvalue weighted by Crippen LogP contribution is -2.36. The summed E-state index contributed by atoms with van der Waals surface area (Å²) in [6.07, 6.45) is -2.83. The van der Waals surface area contributed by atoms with Crippen molar-refractivity contribution in [3.8, 4) is 0 Å². The minimum atomic E-state index is -2.41. The van der Waals surface area contributed by atoms with Crippen LogP contribution in [0, 0.1) is 0 Å². The quantitative estimate of drug-likeness (QED) is 0.587. The normalized spacial score (nSPS) is 13.6. The van der Waals surface area contributed by atoms with E-state index in [0.717, 1.165) is 0 Å². The number of carbonyl (C=O) groups is 1. The number of alkyl halides is 2. The molecule has 0 heterocycles. The summed E-state index contributed by atoms with van der Waals surface area (Å²) >= 11 is 0.